The van der Waals surface area contributed by atoms with E-state index in [0.29, 0.717) is 6.42 Å². The van der Waals surface area contributed by atoms with E-state index in [1.54, 1.807) is 30.3 Å². The summed E-state index contributed by atoms with van der Waals surface area (Å²) in [5.41, 5.74) is 0.717. The Kier molecular flexibility index (Phi) is 30.0. The maximum Gasteiger partial charge on any atom is 0.347 e. The van der Waals surface area contributed by atoms with Gasteiger partial charge in [-0.05, 0) is 67.4 Å². The number of carbonyl (C=O) groups is 9. The highest BCUT2D eigenvalue weighted by Gasteiger charge is 2.33. The molecule has 0 saturated heterocycles. The summed E-state index contributed by atoms with van der Waals surface area (Å²) in [5, 5.41) is 0. The number of carbonyl (C=O) groups excluding carboxylic acids is 9. The molecule has 18 heteroatoms. The van der Waals surface area contributed by atoms with Gasteiger partial charge in [-0.2, -0.15) is 0 Å². The van der Waals surface area contributed by atoms with E-state index in [4.69, 9.17) is 42.6 Å². The predicted molar refractivity (Wildman–Crippen MR) is 240 cm³/mol. The van der Waals surface area contributed by atoms with E-state index in [0.717, 1.165) is 52.5 Å². The van der Waals surface area contributed by atoms with E-state index in [9.17, 15) is 43.2 Å². The van der Waals surface area contributed by atoms with Crippen molar-refractivity contribution in [1.82, 2.24) is 0 Å². The minimum absolute atomic E-state index is 0.0491. The molecule has 0 unspecified atom stereocenters. The number of unbranched alkanes of at least 4 members (excludes halogenated alkanes) is 14. The molecule has 0 aliphatic carbocycles. The van der Waals surface area contributed by atoms with E-state index >= 15 is 0 Å². The molecule has 1 aromatic carbocycles. The molecule has 0 N–H and O–H groups in total. The molecular weight excluding hydrogens is 877 g/mol. The molecule has 0 aliphatic rings. The number of esters is 9. The second-order valence-electron chi connectivity index (χ2n) is 16.5. The minimum atomic E-state index is -1.62. The molecule has 8 atom stereocenters. The molecule has 378 valence electrons. The Hall–Kier alpha value is -5.55. The molecule has 0 amide bonds. The molecule has 1 aromatic rings. The molecule has 0 heterocycles. The smallest absolute Gasteiger partial charge is 0.347 e. The van der Waals surface area contributed by atoms with Crippen molar-refractivity contribution in [2.75, 3.05) is 0 Å². The molecule has 0 radical (unpaired) electrons. The van der Waals surface area contributed by atoms with Crippen LogP contribution in [0.4, 0.5) is 0 Å². The van der Waals surface area contributed by atoms with Crippen molar-refractivity contribution in [1.29, 1.82) is 0 Å². The van der Waals surface area contributed by atoms with Crippen LogP contribution in [0, 0.1) is 0 Å². The van der Waals surface area contributed by atoms with E-state index < -0.39 is 103 Å². The number of ether oxygens (including phenoxy) is 9. The highest BCUT2D eigenvalue weighted by atomic mass is 16.7. The van der Waals surface area contributed by atoms with E-state index in [-0.39, 0.29) is 13.0 Å². The molecule has 0 fully saturated rings. The first-order chi connectivity index (χ1) is 31.8. The fourth-order valence-corrected chi connectivity index (χ4v) is 6.02. The zero-order valence-corrected chi connectivity index (χ0v) is 40.9. The van der Waals surface area contributed by atoms with Crippen LogP contribution in [-0.4, -0.2) is 103 Å². The van der Waals surface area contributed by atoms with Crippen LogP contribution in [0.1, 0.15) is 171 Å². The summed E-state index contributed by atoms with van der Waals surface area (Å²) in [4.78, 5) is 112. The van der Waals surface area contributed by atoms with Gasteiger partial charge in [-0.25, -0.2) is 38.4 Å². The highest BCUT2D eigenvalue weighted by Crippen LogP contribution is 2.15. The van der Waals surface area contributed by atoms with Gasteiger partial charge in [0, 0.05) is 6.42 Å². The third-order valence-corrected chi connectivity index (χ3v) is 10.2. The SMILES string of the molecule is CCCCCCCCCCCCCCCCCC(=O)O[C@@H](C)C(=O)O[C@@H](C)C(=O)O[C@@H](C)C(=O)O[C@@H](C)C(=O)O[C@@H](C)C(=O)O[C@@H](C)C(=O)O[C@@H](C)C(=O)O[C@@H](C)C(=O)OCc1ccccc1. The van der Waals surface area contributed by atoms with E-state index in [1.807, 2.05) is 0 Å². The van der Waals surface area contributed by atoms with Crippen LogP contribution >= 0.6 is 0 Å². The Morgan fingerprint density at radius 1 is 0.343 bits per heavy atom. The largest absolute Gasteiger partial charge is 0.458 e. The van der Waals surface area contributed by atoms with Gasteiger partial charge in [-0.15, -0.1) is 0 Å². The van der Waals surface area contributed by atoms with E-state index in [1.165, 1.54) is 98.3 Å². The average Bonchev–Trinajstić information content (AvgIpc) is 3.29. The lowest BCUT2D eigenvalue weighted by Gasteiger charge is -2.21. The molecule has 1 rings (SSSR count). The van der Waals surface area contributed by atoms with Crippen LogP contribution in [0.25, 0.3) is 0 Å². The summed E-state index contributed by atoms with van der Waals surface area (Å²) in [5.74, 6) is -9.36. The van der Waals surface area contributed by atoms with Gasteiger partial charge < -0.3 is 42.6 Å². The van der Waals surface area contributed by atoms with Crippen molar-refractivity contribution in [3.05, 3.63) is 35.9 Å². The molecule has 0 aromatic heterocycles. The molecular formula is C49H74O18. The van der Waals surface area contributed by atoms with Crippen molar-refractivity contribution in [2.24, 2.45) is 0 Å². The summed E-state index contributed by atoms with van der Waals surface area (Å²) in [6, 6.07) is 8.80. The summed E-state index contributed by atoms with van der Waals surface area (Å²) in [6.45, 7) is 11.6. The Labute approximate surface area is 395 Å². The third-order valence-electron chi connectivity index (χ3n) is 10.2. The van der Waals surface area contributed by atoms with Crippen LogP contribution < -0.4 is 0 Å². The second kappa shape index (κ2) is 33.8. The van der Waals surface area contributed by atoms with Crippen LogP contribution in [-0.2, 0) is 92.4 Å². The van der Waals surface area contributed by atoms with Gasteiger partial charge in [-0.1, -0.05) is 127 Å². The first kappa shape index (κ1) is 59.5. The number of rotatable bonds is 34. The maximum absolute atomic E-state index is 12.6. The quantitative estimate of drug-likeness (QED) is 0.0370. The molecule has 0 bridgehead atoms. The maximum atomic E-state index is 12.6. The summed E-state index contributed by atoms with van der Waals surface area (Å²) in [7, 11) is 0. The number of benzene rings is 1. The van der Waals surface area contributed by atoms with Gasteiger partial charge >= 0.3 is 53.7 Å². The zero-order chi connectivity index (χ0) is 50.3. The monoisotopic (exact) mass is 950 g/mol. The summed E-state index contributed by atoms with van der Waals surface area (Å²) >= 11 is 0. The third kappa shape index (κ3) is 26.4. The van der Waals surface area contributed by atoms with Gasteiger partial charge in [0.2, 0.25) is 0 Å². The lowest BCUT2D eigenvalue weighted by Crippen LogP contribution is -2.39. The van der Waals surface area contributed by atoms with Gasteiger partial charge in [0.1, 0.15) is 6.61 Å². The van der Waals surface area contributed by atoms with Gasteiger partial charge in [0.05, 0.1) is 0 Å². The first-order valence-corrected chi connectivity index (χ1v) is 23.6. The lowest BCUT2D eigenvalue weighted by molar-refractivity contribution is -0.189. The van der Waals surface area contributed by atoms with Crippen molar-refractivity contribution in [3.8, 4) is 0 Å². The first-order valence-electron chi connectivity index (χ1n) is 23.6. The van der Waals surface area contributed by atoms with Crippen molar-refractivity contribution >= 4 is 53.7 Å². The molecule has 0 spiro atoms. The average molecular weight is 951 g/mol. The van der Waals surface area contributed by atoms with Crippen LogP contribution in [0.2, 0.25) is 0 Å². The Morgan fingerprint density at radius 3 is 0.896 bits per heavy atom. The molecule has 67 heavy (non-hydrogen) atoms. The zero-order valence-electron chi connectivity index (χ0n) is 40.9. The summed E-state index contributed by atoms with van der Waals surface area (Å²) < 4.78 is 45.3. The Morgan fingerprint density at radius 2 is 0.597 bits per heavy atom. The van der Waals surface area contributed by atoms with Crippen molar-refractivity contribution in [2.45, 2.75) is 220 Å². The molecule has 0 aliphatic heterocycles. The topological polar surface area (TPSA) is 237 Å². The standard InChI is InChI=1S/C49H74O18/c1-10-11-12-13-14-15-16-17-18-19-20-21-22-23-27-30-41(50)60-33(3)43(52)62-35(5)45(54)64-37(7)47(56)66-39(9)49(58)67-38(8)48(57)65-36(6)46(55)63-34(4)44(53)61-32(2)42(51)59-31-40-28-25-24-26-29-40/h24-26,28-29,32-39H,10-23,27,30-31H2,1-9H3/t32-,33-,34-,35-,36-,37-,38-,39-/m0/s1. The minimum Gasteiger partial charge on any atom is -0.458 e. The van der Waals surface area contributed by atoms with E-state index in [2.05, 4.69) is 6.92 Å². The van der Waals surface area contributed by atoms with Crippen LogP contribution in [0.3, 0.4) is 0 Å². The van der Waals surface area contributed by atoms with Crippen LogP contribution in [0.5, 0.6) is 0 Å². The highest BCUT2D eigenvalue weighted by molar-refractivity contribution is 5.88. The van der Waals surface area contributed by atoms with Crippen molar-refractivity contribution < 1.29 is 85.8 Å². The normalized spacial score (nSPS) is 14.5. The molecule has 18 nitrogen and oxygen atoms in total. The van der Waals surface area contributed by atoms with Gasteiger partial charge in [0.15, 0.2) is 48.8 Å². The van der Waals surface area contributed by atoms with Gasteiger partial charge in [-0.3, -0.25) is 4.79 Å². The van der Waals surface area contributed by atoms with Crippen LogP contribution in [0.15, 0.2) is 30.3 Å². The lowest BCUT2D eigenvalue weighted by atomic mass is 10.0. The number of hydrogen-bond acceptors (Lipinski definition) is 18. The fraction of sp³-hybridized carbons (Fsp3) is 0.694. The van der Waals surface area contributed by atoms with Crippen molar-refractivity contribution in [3.63, 3.8) is 0 Å². The summed E-state index contributed by atoms with van der Waals surface area (Å²) in [6.07, 6.45) is 5.94. The second-order valence-corrected chi connectivity index (χ2v) is 16.5. The predicted octanol–water partition coefficient (Wildman–Crippen LogP) is 7.44. The number of hydrogen-bond donors (Lipinski definition) is 0. The van der Waals surface area contributed by atoms with Gasteiger partial charge in [0.25, 0.3) is 0 Å². The fourth-order valence-electron chi connectivity index (χ4n) is 6.02. The Bertz CT molecular complexity index is 1700. The molecule has 0 saturated carbocycles. The Balaban J connectivity index is 2.34.